The molecule has 0 aliphatic carbocycles. The number of amides is 1. The minimum Gasteiger partial charge on any atom is -0.346 e. The van der Waals surface area contributed by atoms with Crippen LogP contribution in [0.3, 0.4) is 0 Å². The number of rotatable bonds is 4. The summed E-state index contributed by atoms with van der Waals surface area (Å²) in [5.41, 5.74) is 0.557. The van der Waals surface area contributed by atoms with Crippen LogP contribution in [0, 0.1) is 0 Å². The second kappa shape index (κ2) is 9.19. The Hall–Kier alpha value is -2.65. The van der Waals surface area contributed by atoms with Gasteiger partial charge < -0.3 is 9.80 Å². The van der Waals surface area contributed by atoms with Crippen molar-refractivity contribution in [1.29, 1.82) is 0 Å². The molecule has 2 bridgehead atoms. The van der Waals surface area contributed by atoms with Gasteiger partial charge in [-0.15, -0.1) is 0 Å². The number of anilines is 1. The van der Waals surface area contributed by atoms with Gasteiger partial charge in [0.1, 0.15) is 5.82 Å². The van der Waals surface area contributed by atoms with E-state index in [-0.39, 0.29) is 23.0 Å². The molecular formula is C24H25ClF3N5O. The largest absolute Gasteiger partial charge is 0.417 e. The van der Waals surface area contributed by atoms with Crippen LogP contribution >= 0.6 is 11.6 Å². The van der Waals surface area contributed by atoms with Crippen molar-refractivity contribution in [2.75, 3.05) is 37.6 Å². The third-order valence-electron chi connectivity index (χ3n) is 6.94. The molecule has 0 N–H and O–H groups in total. The lowest BCUT2D eigenvalue weighted by Gasteiger charge is -2.42. The number of nitrogens with zero attached hydrogens (tertiary/aromatic N) is 5. The normalized spacial score (nSPS) is 23.2. The molecule has 1 amide bonds. The fraction of sp³-hybridized carbons (Fsp3) is 0.458. The Morgan fingerprint density at radius 2 is 1.91 bits per heavy atom. The molecule has 6 nitrogen and oxygen atoms in total. The van der Waals surface area contributed by atoms with Gasteiger partial charge in [0.25, 0.3) is 0 Å². The molecule has 5 rings (SSSR count). The van der Waals surface area contributed by atoms with E-state index >= 15 is 0 Å². The van der Waals surface area contributed by atoms with Gasteiger partial charge in [-0.1, -0.05) is 23.7 Å². The van der Waals surface area contributed by atoms with Gasteiger partial charge in [-0.2, -0.15) is 13.2 Å². The lowest BCUT2D eigenvalue weighted by Crippen LogP contribution is -2.57. The Labute approximate surface area is 201 Å². The number of hydrogen-bond acceptors (Lipinski definition) is 5. The van der Waals surface area contributed by atoms with Crippen molar-refractivity contribution in [2.24, 2.45) is 0 Å². The molecule has 2 unspecified atom stereocenters. The van der Waals surface area contributed by atoms with Gasteiger partial charge in [0.05, 0.1) is 23.3 Å². The molecule has 2 fully saturated rings. The number of carbonyl (C=O) groups excluding carboxylic acids is 1. The quantitative estimate of drug-likeness (QED) is 0.644. The van der Waals surface area contributed by atoms with E-state index in [1.54, 1.807) is 24.7 Å². The first-order chi connectivity index (χ1) is 16.3. The highest BCUT2D eigenvalue weighted by Crippen LogP contribution is 2.37. The lowest BCUT2D eigenvalue weighted by molar-refractivity contribution is -0.137. The molecule has 10 heteroatoms. The predicted octanol–water partition coefficient (Wildman–Crippen LogP) is 4.12. The zero-order valence-corrected chi connectivity index (χ0v) is 19.3. The van der Waals surface area contributed by atoms with Crippen molar-refractivity contribution in [3.63, 3.8) is 0 Å². The molecular weight excluding hydrogens is 467 g/mol. The number of alkyl halides is 3. The van der Waals surface area contributed by atoms with Crippen LogP contribution in [0.15, 0.2) is 42.9 Å². The minimum absolute atomic E-state index is 0.0957. The Balaban J connectivity index is 1.19. The fourth-order valence-corrected chi connectivity index (χ4v) is 5.48. The van der Waals surface area contributed by atoms with Gasteiger partial charge in [-0.25, -0.2) is 4.98 Å². The summed E-state index contributed by atoms with van der Waals surface area (Å²) in [6, 6.07) is 4.53. The zero-order chi connectivity index (χ0) is 23.9. The topological polar surface area (TPSA) is 52.6 Å². The van der Waals surface area contributed by atoms with Crippen LogP contribution in [0.1, 0.15) is 30.4 Å². The Kier molecular flexibility index (Phi) is 6.24. The fourth-order valence-electron chi connectivity index (χ4n) is 5.26. The van der Waals surface area contributed by atoms with Gasteiger partial charge in [0.15, 0.2) is 0 Å². The number of hydrogen-bond donors (Lipinski definition) is 0. The summed E-state index contributed by atoms with van der Waals surface area (Å²) >= 11 is 5.74. The first-order valence-electron chi connectivity index (χ1n) is 11.4. The molecule has 4 heterocycles. The number of aromatic nitrogens is 2. The Morgan fingerprint density at radius 1 is 1.15 bits per heavy atom. The molecule has 2 saturated heterocycles. The van der Waals surface area contributed by atoms with E-state index in [0.29, 0.717) is 44.7 Å². The number of piperazine rings is 1. The third kappa shape index (κ3) is 4.63. The van der Waals surface area contributed by atoms with E-state index in [1.807, 2.05) is 15.9 Å². The summed E-state index contributed by atoms with van der Waals surface area (Å²) in [5.74, 6) is 0.963. The molecule has 3 aliphatic heterocycles. The minimum atomic E-state index is -4.49. The van der Waals surface area contributed by atoms with E-state index < -0.39 is 11.7 Å². The van der Waals surface area contributed by atoms with Crippen molar-refractivity contribution in [3.05, 3.63) is 59.0 Å². The van der Waals surface area contributed by atoms with Crippen molar-refractivity contribution < 1.29 is 18.0 Å². The van der Waals surface area contributed by atoms with E-state index in [4.69, 9.17) is 11.6 Å². The van der Waals surface area contributed by atoms with E-state index in [1.165, 1.54) is 6.07 Å². The standard InChI is InChI=1S/C24H25ClF3N5O/c25-21-4-1-17(11-20(21)24(26,27)28)16-5-9-31(10-6-16)15-23(34)32-13-18-2-3-19(14-32)33(18)22-12-29-7-8-30-22/h1,4-5,7-8,11-12,18-19H,2-3,6,9-10,13-15H2. The van der Waals surface area contributed by atoms with Crippen LogP contribution < -0.4 is 4.90 Å². The van der Waals surface area contributed by atoms with Crippen molar-refractivity contribution >= 4 is 28.9 Å². The van der Waals surface area contributed by atoms with Crippen LogP contribution in [0.2, 0.25) is 5.02 Å². The summed E-state index contributed by atoms with van der Waals surface area (Å²) in [6.07, 6.45) is 5.19. The van der Waals surface area contributed by atoms with Crippen molar-refractivity contribution in [3.8, 4) is 0 Å². The maximum Gasteiger partial charge on any atom is 0.417 e. The average molecular weight is 492 g/mol. The van der Waals surface area contributed by atoms with Gasteiger partial charge in [-0.3, -0.25) is 14.7 Å². The van der Waals surface area contributed by atoms with E-state index in [2.05, 4.69) is 14.9 Å². The highest BCUT2D eigenvalue weighted by molar-refractivity contribution is 6.31. The van der Waals surface area contributed by atoms with Crippen molar-refractivity contribution in [1.82, 2.24) is 19.8 Å². The number of benzene rings is 1. The molecule has 2 atom stereocenters. The number of halogens is 4. The number of fused-ring (bicyclic) bond motifs is 2. The van der Waals surface area contributed by atoms with Crippen LogP contribution in [0.4, 0.5) is 19.0 Å². The van der Waals surface area contributed by atoms with Gasteiger partial charge in [0, 0.05) is 50.7 Å². The zero-order valence-electron chi connectivity index (χ0n) is 18.5. The molecule has 0 radical (unpaired) electrons. The second-order valence-corrected chi connectivity index (χ2v) is 9.47. The Bertz CT molecular complexity index is 1080. The van der Waals surface area contributed by atoms with Crippen LogP contribution in [-0.4, -0.2) is 70.5 Å². The molecule has 180 valence electrons. The Morgan fingerprint density at radius 3 is 2.53 bits per heavy atom. The summed E-state index contributed by atoms with van der Waals surface area (Å²) in [7, 11) is 0. The number of likely N-dealkylation sites (tertiary alicyclic amines) is 1. The monoisotopic (exact) mass is 491 g/mol. The smallest absolute Gasteiger partial charge is 0.346 e. The SMILES string of the molecule is O=C(CN1CC=C(c2ccc(Cl)c(C(F)(F)F)c2)CC1)N1CC2CCC(C1)N2c1cnccn1. The van der Waals surface area contributed by atoms with E-state index in [9.17, 15) is 18.0 Å². The molecule has 34 heavy (non-hydrogen) atoms. The second-order valence-electron chi connectivity index (χ2n) is 9.06. The molecule has 0 saturated carbocycles. The van der Waals surface area contributed by atoms with E-state index in [0.717, 1.165) is 30.3 Å². The van der Waals surface area contributed by atoms with Crippen LogP contribution in [0.25, 0.3) is 5.57 Å². The molecule has 1 aromatic carbocycles. The summed E-state index contributed by atoms with van der Waals surface area (Å²) in [4.78, 5) is 28.0. The maximum absolute atomic E-state index is 13.2. The van der Waals surface area contributed by atoms with Crippen LogP contribution in [0.5, 0.6) is 0 Å². The summed E-state index contributed by atoms with van der Waals surface area (Å²) < 4.78 is 39.6. The van der Waals surface area contributed by atoms with Gasteiger partial charge in [0.2, 0.25) is 5.91 Å². The average Bonchev–Trinajstić information content (AvgIpc) is 3.09. The summed E-state index contributed by atoms with van der Waals surface area (Å²) in [5, 5.41) is -0.298. The first-order valence-corrected chi connectivity index (χ1v) is 11.8. The van der Waals surface area contributed by atoms with Crippen LogP contribution in [-0.2, 0) is 11.0 Å². The summed E-state index contributed by atoms with van der Waals surface area (Å²) in [6.45, 7) is 2.80. The van der Waals surface area contributed by atoms with Gasteiger partial charge >= 0.3 is 6.18 Å². The lowest BCUT2D eigenvalue weighted by atomic mass is 9.97. The van der Waals surface area contributed by atoms with Gasteiger partial charge in [-0.05, 0) is 42.5 Å². The third-order valence-corrected chi connectivity index (χ3v) is 7.27. The molecule has 0 spiro atoms. The predicted molar refractivity (Wildman–Crippen MR) is 123 cm³/mol. The van der Waals surface area contributed by atoms with Crippen molar-refractivity contribution in [2.45, 2.75) is 37.5 Å². The molecule has 3 aliphatic rings. The highest BCUT2D eigenvalue weighted by Gasteiger charge is 2.42. The molecule has 2 aromatic rings. The maximum atomic E-state index is 13.2. The molecule has 1 aromatic heterocycles. The highest BCUT2D eigenvalue weighted by atomic mass is 35.5. The first kappa shape index (κ1) is 23.1. The number of carbonyl (C=O) groups is 1.